The molecule has 0 aliphatic rings. The molecule has 1 unspecified atom stereocenters. The molecule has 0 aromatic heterocycles. The van der Waals surface area contributed by atoms with E-state index in [0.29, 0.717) is 6.42 Å². The van der Waals surface area contributed by atoms with Gasteiger partial charge >= 0.3 is 0 Å². The molecule has 0 heterocycles. The van der Waals surface area contributed by atoms with E-state index in [0.717, 1.165) is 11.1 Å². The number of aryl methyl sites for hydroxylation is 1. The van der Waals surface area contributed by atoms with Crippen molar-refractivity contribution in [2.24, 2.45) is 0 Å². The van der Waals surface area contributed by atoms with E-state index in [1.807, 2.05) is 30.3 Å². The molecule has 1 atom stereocenters. The van der Waals surface area contributed by atoms with Crippen LogP contribution in [0.4, 0.5) is 4.39 Å². The lowest BCUT2D eigenvalue weighted by molar-refractivity contribution is -0.122. The van der Waals surface area contributed by atoms with Crippen molar-refractivity contribution in [2.75, 3.05) is 13.7 Å². The van der Waals surface area contributed by atoms with Crippen molar-refractivity contribution in [3.63, 3.8) is 0 Å². The second-order valence-corrected chi connectivity index (χ2v) is 5.89. The van der Waals surface area contributed by atoms with Crippen LogP contribution in [0.2, 0.25) is 0 Å². The predicted octanol–water partition coefficient (Wildman–Crippen LogP) is 2.79. The summed E-state index contributed by atoms with van der Waals surface area (Å²) in [6.07, 6.45) is 0.636. The Morgan fingerprint density at radius 2 is 1.96 bits per heavy atom. The van der Waals surface area contributed by atoms with Crippen LogP contribution in [0.3, 0.4) is 0 Å². The van der Waals surface area contributed by atoms with E-state index in [4.69, 9.17) is 4.74 Å². The van der Waals surface area contributed by atoms with Gasteiger partial charge in [0.05, 0.1) is 13.7 Å². The summed E-state index contributed by atoms with van der Waals surface area (Å²) < 4.78 is 18.5. The van der Waals surface area contributed by atoms with Gasteiger partial charge in [0.1, 0.15) is 5.60 Å². The van der Waals surface area contributed by atoms with Crippen molar-refractivity contribution in [1.29, 1.82) is 0 Å². The lowest BCUT2D eigenvalue weighted by Gasteiger charge is -2.24. The maximum Gasteiger partial charge on any atom is 0.220 e. The Morgan fingerprint density at radius 1 is 1.25 bits per heavy atom. The van der Waals surface area contributed by atoms with Gasteiger partial charge in [-0.1, -0.05) is 36.4 Å². The van der Waals surface area contributed by atoms with Gasteiger partial charge in [-0.3, -0.25) is 4.79 Å². The third-order valence-corrected chi connectivity index (χ3v) is 3.88. The van der Waals surface area contributed by atoms with Gasteiger partial charge in [0, 0.05) is 6.42 Å². The zero-order valence-corrected chi connectivity index (χ0v) is 13.9. The average Bonchev–Trinajstić information content (AvgIpc) is 2.59. The molecule has 128 valence electrons. The number of nitrogens with one attached hydrogen (secondary N) is 1. The molecule has 0 fully saturated rings. The first-order valence-corrected chi connectivity index (χ1v) is 7.79. The smallest absolute Gasteiger partial charge is 0.220 e. The summed E-state index contributed by atoms with van der Waals surface area (Å²) >= 11 is 0. The number of ether oxygens (including phenoxy) is 1. The monoisotopic (exact) mass is 331 g/mol. The van der Waals surface area contributed by atoms with Crippen LogP contribution in [-0.4, -0.2) is 24.7 Å². The third-order valence-electron chi connectivity index (χ3n) is 3.88. The van der Waals surface area contributed by atoms with Crippen molar-refractivity contribution < 1.29 is 19.0 Å². The number of methoxy groups -OCH3 is 1. The fourth-order valence-corrected chi connectivity index (χ4v) is 2.38. The Hall–Kier alpha value is -2.40. The number of carbonyl (C=O) groups is 1. The standard InChI is InChI=1S/C19H22FNO3/c1-19(23,15-6-4-3-5-7-15)13-21-18(22)11-9-14-8-10-17(24-2)16(20)12-14/h3-8,10,12,23H,9,11,13H2,1-2H3,(H,21,22). The molecule has 5 heteroatoms. The summed E-state index contributed by atoms with van der Waals surface area (Å²) in [4.78, 5) is 12.0. The minimum Gasteiger partial charge on any atom is -0.494 e. The molecule has 0 bridgehead atoms. The molecule has 0 saturated heterocycles. The molecule has 2 aromatic carbocycles. The van der Waals surface area contributed by atoms with E-state index in [1.54, 1.807) is 19.1 Å². The molecule has 0 radical (unpaired) electrons. The highest BCUT2D eigenvalue weighted by Gasteiger charge is 2.23. The van der Waals surface area contributed by atoms with E-state index in [2.05, 4.69) is 5.32 Å². The highest BCUT2D eigenvalue weighted by molar-refractivity contribution is 5.76. The average molecular weight is 331 g/mol. The molecule has 0 saturated carbocycles. The zero-order valence-electron chi connectivity index (χ0n) is 13.9. The summed E-state index contributed by atoms with van der Waals surface area (Å²) in [5.74, 6) is -0.452. The van der Waals surface area contributed by atoms with E-state index in [9.17, 15) is 14.3 Å². The van der Waals surface area contributed by atoms with Crippen LogP contribution in [-0.2, 0) is 16.8 Å². The first-order valence-electron chi connectivity index (χ1n) is 7.79. The minimum absolute atomic E-state index is 0.118. The van der Waals surface area contributed by atoms with Crippen molar-refractivity contribution in [3.05, 3.63) is 65.5 Å². The Labute approximate surface area is 141 Å². The third kappa shape index (κ3) is 4.80. The van der Waals surface area contributed by atoms with E-state index in [1.165, 1.54) is 13.2 Å². The summed E-state index contributed by atoms with van der Waals surface area (Å²) in [5, 5.41) is 13.2. The lowest BCUT2D eigenvalue weighted by Crippen LogP contribution is -2.38. The molecule has 2 rings (SSSR count). The summed E-state index contributed by atoms with van der Waals surface area (Å²) in [6.45, 7) is 1.77. The number of carbonyl (C=O) groups excluding carboxylic acids is 1. The Bertz CT molecular complexity index is 686. The van der Waals surface area contributed by atoms with Gasteiger partial charge in [0.2, 0.25) is 5.91 Å². The predicted molar refractivity (Wildman–Crippen MR) is 90.3 cm³/mol. The fourth-order valence-electron chi connectivity index (χ4n) is 2.38. The van der Waals surface area contributed by atoms with Crippen LogP contribution in [0, 0.1) is 5.82 Å². The molecule has 0 aliphatic carbocycles. The largest absolute Gasteiger partial charge is 0.494 e. The number of rotatable bonds is 7. The molecule has 2 aromatic rings. The van der Waals surface area contributed by atoms with Gasteiger partial charge in [-0.25, -0.2) is 4.39 Å². The van der Waals surface area contributed by atoms with Crippen LogP contribution >= 0.6 is 0 Å². The van der Waals surface area contributed by atoms with E-state index < -0.39 is 11.4 Å². The Morgan fingerprint density at radius 3 is 2.58 bits per heavy atom. The molecule has 2 N–H and O–H groups in total. The maximum absolute atomic E-state index is 13.6. The fraction of sp³-hybridized carbons (Fsp3) is 0.316. The van der Waals surface area contributed by atoms with Crippen LogP contribution in [0.1, 0.15) is 24.5 Å². The summed E-state index contributed by atoms with van der Waals surface area (Å²) in [7, 11) is 1.41. The van der Waals surface area contributed by atoms with Crippen molar-refractivity contribution >= 4 is 5.91 Å². The number of aliphatic hydroxyl groups is 1. The summed E-state index contributed by atoms with van der Waals surface area (Å²) in [6, 6.07) is 13.8. The first-order chi connectivity index (χ1) is 11.4. The van der Waals surface area contributed by atoms with Gasteiger partial charge in [-0.05, 0) is 36.6 Å². The van der Waals surface area contributed by atoms with Crippen LogP contribution < -0.4 is 10.1 Å². The summed E-state index contributed by atoms with van der Waals surface area (Å²) in [5.41, 5.74) is 0.323. The van der Waals surface area contributed by atoms with Crippen LogP contribution in [0.5, 0.6) is 5.75 Å². The molecule has 0 aliphatic heterocycles. The second kappa shape index (κ2) is 7.93. The molecular weight excluding hydrogens is 309 g/mol. The molecule has 1 amide bonds. The van der Waals surface area contributed by atoms with Gasteiger partial charge in [-0.2, -0.15) is 0 Å². The van der Waals surface area contributed by atoms with E-state index in [-0.39, 0.29) is 24.6 Å². The van der Waals surface area contributed by atoms with Gasteiger partial charge in [-0.15, -0.1) is 0 Å². The molecule has 0 spiro atoms. The SMILES string of the molecule is COc1ccc(CCC(=O)NCC(C)(O)c2ccccc2)cc1F. The maximum atomic E-state index is 13.6. The van der Waals surface area contributed by atoms with Crippen molar-refractivity contribution in [2.45, 2.75) is 25.4 Å². The van der Waals surface area contributed by atoms with Crippen LogP contribution in [0.25, 0.3) is 0 Å². The first kappa shape index (κ1) is 17.9. The Kier molecular flexibility index (Phi) is 5.93. The second-order valence-electron chi connectivity index (χ2n) is 5.89. The topological polar surface area (TPSA) is 58.6 Å². The highest BCUT2D eigenvalue weighted by atomic mass is 19.1. The van der Waals surface area contributed by atoms with Gasteiger partial charge in [0.15, 0.2) is 11.6 Å². The quantitative estimate of drug-likeness (QED) is 0.820. The van der Waals surface area contributed by atoms with E-state index >= 15 is 0 Å². The molecule has 4 nitrogen and oxygen atoms in total. The highest BCUT2D eigenvalue weighted by Crippen LogP contribution is 2.20. The Balaban J connectivity index is 1.84. The zero-order chi connectivity index (χ0) is 17.6. The number of benzene rings is 2. The molecular formula is C19H22FNO3. The van der Waals surface area contributed by atoms with Gasteiger partial charge < -0.3 is 15.2 Å². The lowest BCUT2D eigenvalue weighted by atomic mass is 9.96. The number of halogens is 1. The van der Waals surface area contributed by atoms with Gasteiger partial charge in [0.25, 0.3) is 0 Å². The van der Waals surface area contributed by atoms with Crippen molar-refractivity contribution in [3.8, 4) is 5.75 Å². The van der Waals surface area contributed by atoms with Crippen LogP contribution in [0.15, 0.2) is 48.5 Å². The number of hydrogen-bond acceptors (Lipinski definition) is 3. The number of amides is 1. The normalized spacial score (nSPS) is 13.2. The van der Waals surface area contributed by atoms with Crippen molar-refractivity contribution in [1.82, 2.24) is 5.32 Å². The minimum atomic E-state index is -1.14. The molecule has 24 heavy (non-hydrogen) atoms. The number of hydrogen-bond donors (Lipinski definition) is 2.